The molecule has 7 nitrogen and oxygen atoms in total. The van der Waals surface area contributed by atoms with Crippen molar-refractivity contribution in [2.24, 2.45) is 5.73 Å². The van der Waals surface area contributed by atoms with Crippen molar-refractivity contribution < 1.29 is 18.0 Å². The van der Waals surface area contributed by atoms with E-state index in [2.05, 4.69) is 5.43 Å². The van der Waals surface area contributed by atoms with Gasteiger partial charge in [-0.3, -0.25) is 15.0 Å². The maximum absolute atomic E-state index is 11.3. The first-order valence-electron chi connectivity index (χ1n) is 4.99. The zero-order chi connectivity index (χ0) is 12.2. The minimum absolute atomic E-state index is 0.0656. The van der Waals surface area contributed by atoms with Crippen LogP contribution in [0.15, 0.2) is 0 Å². The number of hydrogen-bond donors (Lipinski definition) is 3. The van der Waals surface area contributed by atoms with Crippen LogP contribution in [0.1, 0.15) is 32.1 Å². The van der Waals surface area contributed by atoms with Gasteiger partial charge < -0.3 is 5.73 Å². The fourth-order valence-corrected chi connectivity index (χ4v) is 2.25. The normalized spacial score (nSPS) is 15.8. The summed E-state index contributed by atoms with van der Waals surface area (Å²) in [6, 6.07) is 0. The van der Waals surface area contributed by atoms with Gasteiger partial charge in [0.25, 0.3) is 0 Å². The van der Waals surface area contributed by atoms with Gasteiger partial charge in [0.2, 0.25) is 21.8 Å². The predicted molar refractivity (Wildman–Crippen MR) is 56.3 cm³/mol. The van der Waals surface area contributed by atoms with Crippen LogP contribution in [0.3, 0.4) is 0 Å². The Morgan fingerprint density at radius 2 is 1.88 bits per heavy atom. The van der Waals surface area contributed by atoms with Crippen LogP contribution < -0.4 is 16.0 Å². The van der Waals surface area contributed by atoms with Gasteiger partial charge in [-0.1, -0.05) is 0 Å². The standard InChI is InChI=1S/C8H15N3O4S/c9-7(12)2-1-3-8(13)10-11-16(14,15)6-4-5-6/h6,11H,1-5H2,(H2,9,12)(H,10,13). The summed E-state index contributed by atoms with van der Waals surface area (Å²) in [5.41, 5.74) is 6.98. The van der Waals surface area contributed by atoms with Gasteiger partial charge in [0.15, 0.2) is 0 Å². The Morgan fingerprint density at radius 3 is 2.38 bits per heavy atom. The number of nitrogens with one attached hydrogen (secondary N) is 2. The van der Waals surface area contributed by atoms with Crippen LogP contribution in [0.2, 0.25) is 0 Å². The van der Waals surface area contributed by atoms with Crippen LogP contribution in [0.5, 0.6) is 0 Å². The average molecular weight is 249 g/mol. The molecule has 0 aromatic rings. The summed E-state index contributed by atoms with van der Waals surface area (Å²) in [5.74, 6) is -0.947. The summed E-state index contributed by atoms with van der Waals surface area (Å²) in [6.07, 6.45) is 1.75. The lowest BCUT2D eigenvalue weighted by Gasteiger charge is -2.06. The van der Waals surface area contributed by atoms with Crippen molar-refractivity contribution in [3.8, 4) is 0 Å². The molecule has 0 saturated heterocycles. The minimum atomic E-state index is -3.40. The monoisotopic (exact) mass is 249 g/mol. The van der Waals surface area contributed by atoms with Gasteiger partial charge in [0.1, 0.15) is 0 Å². The Balaban J connectivity index is 2.17. The maximum atomic E-state index is 11.3. The van der Waals surface area contributed by atoms with Crippen molar-refractivity contribution in [1.29, 1.82) is 0 Å². The van der Waals surface area contributed by atoms with Crippen molar-refractivity contribution >= 4 is 21.8 Å². The molecule has 0 spiro atoms. The molecule has 16 heavy (non-hydrogen) atoms. The number of sulfonamides is 1. The summed E-state index contributed by atoms with van der Waals surface area (Å²) in [6.45, 7) is 0. The summed E-state index contributed by atoms with van der Waals surface area (Å²) in [5, 5.41) is -0.376. The molecule has 0 aromatic heterocycles. The molecule has 1 saturated carbocycles. The van der Waals surface area contributed by atoms with E-state index in [1.807, 2.05) is 4.83 Å². The van der Waals surface area contributed by atoms with E-state index in [1.54, 1.807) is 0 Å². The Kier molecular flexibility index (Phi) is 4.25. The Hall–Kier alpha value is -1.15. The Morgan fingerprint density at radius 1 is 1.25 bits per heavy atom. The lowest BCUT2D eigenvalue weighted by Crippen LogP contribution is -2.43. The number of carbonyl (C=O) groups excluding carboxylic acids is 2. The molecule has 1 fully saturated rings. The van der Waals surface area contributed by atoms with E-state index >= 15 is 0 Å². The quantitative estimate of drug-likeness (QED) is 0.489. The molecule has 0 aromatic carbocycles. The number of carbonyl (C=O) groups is 2. The lowest BCUT2D eigenvalue weighted by molar-refractivity contribution is -0.122. The molecule has 0 bridgehead atoms. The van der Waals surface area contributed by atoms with Crippen molar-refractivity contribution in [3.05, 3.63) is 0 Å². The predicted octanol–water partition coefficient (Wildman–Crippen LogP) is -1.24. The van der Waals surface area contributed by atoms with Crippen LogP contribution in [-0.4, -0.2) is 25.5 Å². The molecule has 4 N–H and O–H groups in total. The molecule has 2 amide bonds. The van der Waals surface area contributed by atoms with Crippen molar-refractivity contribution in [3.63, 3.8) is 0 Å². The average Bonchev–Trinajstić information content (AvgIpc) is 2.97. The summed E-state index contributed by atoms with van der Waals surface area (Å²) >= 11 is 0. The van der Waals surface area contributed by atoms with Gasteiger partial charge in [-0.05, 0) is 19.3 Å². The molecule has 0 radical (unpaired) electrons. The third-order valence-corrected chi connectivity index (χ3v) is 3.86. The first-order chi connectivity index (χ1) is 7.42. The topological polar surface area (TPSA) is 118 Å². The van der Waals surface area contributed by atoms with Crippen LogP contribution >= 0.6 is 0 Å². The third kappa shape index (κ3) is 4.58. The number of amides is 2. The van der Waals surface area contributed by atoms with Crippen LogP contribution in [0.4, 0.5) is 0 Å². The highest BCUT2D eigenvalue weighted by Gasteiger charge is 2.35. The van der Waals surface area contributed by atoms with Crippen LogP contribution in [-0.2, 0) is 19.6 Å². The SMILES string of the molecule is NC(=O)CCCC(=O)NNS(=O)(=O)C1CC1. The van der Waals surface area contributed by atoms with E-state index in [0.717, 1.165) is 0 Å². The zero-order valence-corrected chi connectivity index (χ0v) is 9.55. The zero-order valence-electron chi connectivity index (χ0n) is 8.73. The fourth-order valence-electron chi connectivity index (χ4n) is 1.08. The highest BCUT2D eigenvalue weighted by molar-refractivity contribution is 7.90. The molecule has 1 aliphatic rings. The molecule has 92 valence electrons. The molecule has 0 heterocycles. The first-order valence-corrected chi connectivity index (χ1v) is 6.54. The number of rotatable bonds is 7. The van der Waals surface area contributed by atoms with E-state index in [9.17, 15) is 18.0 Å². The molecular weight excluding hydrogens is 234 g/mol. The highest BCUT2D eigenvalue weighted by atomic mass is 32.2. The second-order valence-electron chi connectivity index (χ2n) is 3.71. The summed E-state index contributed by atoms with van der Waals surface area (Å²) in [4.78, 5) is 23.5. The van der Waals surface area contributed by atoms with Gasteiger partial charge in [-0.15, -0.1) is 4.83 Å². The first kappa shape index (κ1) is 12.9. The molecule has 8 heteroatoms. The maximum Gasteiger partial charge on any atom is 0.234 e. The van der Waals surface area contributed by atoms with E-state index in [1.165, 1.54) is 0 Å². The molecular formula is C8H15N3O4S. The molecule has 1 rings (SSSR count). The Labute approximate surface area is 93.8 Å². The van der Waals surface area contributed by atoms with Crippen LogP contribution in [0.25, 0.3) is 0 Å². The lowest BCUT2D eigenvalue weighted by atomic mass is 10.2. The van der Waals surface area contributed by atoms with Gasteiger partial charge in [-0.2, -0.15) is 0 Å². The minimum Gasteiger partial charge on any atom is -0.370 e. The van der Waals surface area contributed by atoms with Crippen LogP contribution in [0, 0.1) is 0 Å². The second kappa shape index (κ2) is 5.26. The number of nitrogens with two attached hydrogens (primary N) is 1. The number of hydrogen-bond acceptors (Lipinski definition) is 4. The van der Waals surface area contributed by atoms with E-state index in [-0.39, 0.29) is 18.1 Å². The molecule has 0 atom stereocenters. The van der Waals surface area contributed by atoms with E-state index in [4.69, 9.17) is 5.73 Å². The smallest absolute Gasteiger partial charge is 0.234 e. The third-order valence-electron chi connectivity index (χ3n) is 2.12. The second-order valence-corrected chi connectivity index (χ2v) is 5.68. The van der Waals surface area contributed by atoms with E-state index in [0.29, 0.717) is 19.3 Å². The van der Waals surface area contributed by atoms with Gasteiger partial charge in [0, 0.05) is 12.8 Å². The molecule has 0 aliphatic heterocycles. The largest absolute Gasteiger partial charge is 0.370 e. The fraction of sp³-hybridized carbons (Fsp3) is 0.750. The van der Waals surface area contributed by atoms with Crippen molar-refractivity contribution in [2.45, 2.75) is 37.4 Å². The molecule has 0 unspecified atom stereocenters. The van der Waals surface area contributed by atoms with Crippen molar-refractivity contribution in [2.75, 3.05) is 0 Å². The van der Waals surface area contributed by atoms with Gasteiger partial charge in [-0.25, -0.2) is 8.42 Å². The summed E-state index contributed by atoms with van der Waals surface area (Å²) in [7, 11) is -3.40. The number of primary amides is 1. The highest BCUT2D eigenvalue weighted by Crippen LogP contribution is 2.26. The van der Waals surface area contributed by atoms with Gasteiger partial charge >= 0.3 is 0 Å². The summed E-state index contributed by atoms with van der Waals surface area (Å²) < 4.78 is 22.6. The molecule has 1 aliphatic carbocycles. The van der Waals surface area contributed by atoms with Crippen molar-refractivity contribution in [1.82, 2.24) is 10.3 Å². The Bertz CT molecular complexity index is 375. The van der Waals surface area contributed by atoms with E-state index < -0.39 is 21.8 Å². The van der Waals surface area contributed by atoms with Gasteiger partial charge in [0.05, 0.1) is 5.25 Å². The number of hydrazine groups is 1.